The molecule has 0 radical (unpaired) electrons. The van der Waals surface area contributed by atoms with Crippen molar-refractivity contribution < 1.29 is 23.9 Å². The molecule has 10 rings (SSSR count). The Morgan fingerprint density at radius 2 is 1.18 bits per heavy atom. The fraction of sp³-hybridized carbons (Fsp3) is 0. The second-order valence-corrected chi connectivity index (χ2v) is 11.6. The van der Waals surface area contributed by atoms with E-state index in [1.165, 1.54) is 0 Å². The maximum atomic E-state index is 9.73. The Morgan fingerprint density at radius 3 is 2.10 bits per heavy atom. The Balaban J connectivity index is 1.32. The van der Waals surface area contributed by atoms with E-state index in [9.17, 15) is 5.48 Å². The summed E-state index contributed by atoms with van der Waals surface area (Å²) in [5, 5.41) is 2.94. The minimum atomic E-state index is -0.641. The zero-order chi connectivity index (χ0) is 41.9. The number of furan rings is 2. The molecule has 0 bridgehead atoms. The van der Waals surface area contributed by atoms with Gasteiger partial charge < -0.3 is 13.7 Å². The summed E-state index contributed by atoms with van der Waals surface area (Å²) in [6.07, 6.45) is 0. The van der Waals surface area contributed by atoms with Crippen molar-refractivity contribution in [2.45, 2.75) is 0 Å². The van der Waals surface area contributed by atoms with E-state index < -0.39 is 66.5 Å². The molecule has 0 amide bonds. The molecule has 0 saturated carbocycles. The zero-order valence-corrected chi connectivity index (χ0v) is 25.7. The second-order valence-electron chi connectivity index (χ2n) is 11.6. The van der Waals surface area contributed by atoms with Crippen LogP contribution in [-0.2, 0) is 0 Å². The SMILES string of the molecule is [2H]c1c([2H])c(N(c2ccccc2-c2ccccc2)c2cccc3oc4c5ccccc5ccc4c23)c([2H])c([2H])c1-c1c([2H])c([2H])c([2H])c2c1oc1c([2H])c([2H])c([2H])c([2H])c12. The summed E-state index contributed by atoms with van der Waals surface area (Å²) in [6.45, 7) is 0. The van der Waals surface area contributed by atoms with Crippen LogP contribution in [0, 0.1) is 0 Å². The number of rotatable bonds is 5. The fourth-order valence-electron chi connectivity index (χ4n) is 6.67. The van der Waals surface area contributed by atoms with Crippen LogP contribution < -0.4 is 4.90 Å². The molecule has 0 N–H and O–H groups in total. The highest BCUT2D eigenvalue weighted by atomic mass is 16.3. The second kappa shape index (κ2) is 11.0. The van der Waals surface area contributed by atoms with E-state index in [1.807, 2.05) is 103 Å². The van der Waals surface area contributed by atoms with E-state index in [0.717, 1.165) is 27.3 Å². The van der Waals surface area contributed by atoms with Crippen LogP contribution in [0.2, 0.25) is 0 Å². The third-order valence-corrected chi connectivity index (χ3v) is 8.86. The monoisotopic (exact) mass is 638 g/mol. The number of fused-ring (bicyclic) bond motifs is 8. The Bertz CT molecular complexity index is 3440. The van der Waals surface area contributed by atoms with Gasteiger partial charge in [0.25, 0.3) is 0 Å². The molecular formula is C46H29NO2. The first kappa shape index (κ1) is 18.7. The first-order chi connectivity index (χ1) is 28.9. The predicted molar refractivity (Wildman–Crippen MR) is 204 cm³/mol. The van der Waals surface area contributed by atoms with Gasteiger partial charge in [-0.3, -0.25) is 0 Å². The van der Waals surface area contributed by atoms with Gasteiger partial charge in [0.05, 0.1) is 31.8 Å². The van der Waals surface area contributed by atoms with Crippen LogP contribution in [-0.4, -0.2) is 0 Å². The van der Waals surface area contributed by atoms with Gasteiger partial charge in [0.1, 0.15) is 22.3 Å². The van der Waals surface area contributed by atoms with Crippen LogP contribution in [0.4, 0.5) is 17.1 Å². The van der Waals surface area contributed by atoms with E-state index in [4.69, 9.17) is 18.4 Å². The van der Waals surface area contributed by atoms with Crippen LogP contribution in [0.3, 0.4) is 0 Å². The summed E-state index contributed by atoms with van der Waals surface area (Å²) in [5.41, 5.74) is 2.31. The van der Waals surface area contributed by atoms with Gasteiger partial charge in [-0.05, 0) is 58.9 Å². The molecular weight excluding hydrogens is 599 g/mol. The average molecular weight is 639 g/mol. The molecule has 0 aliphatic heterocycles. The molecule has 0 aliphatic carbocycles. The summed E-state index contributed by atoms with van der Waals surface area (Å²) < 4.78 is 112. The average Bonchev–Trinajstić information content (AvgIpc) is 3.87. The van der Waals surface area contributed by atoms with Crippen molar-refractivity contribution in [1.29, 1.82) is 0 Å². The molecule has 49 heavy (non-hydrogen) atoms. The highest BCUT2D eigenvalue weighted by molar-refractivity contribution is 6.20. The molecule has 3 nitrogen and oxygen atoms in total. The maximum absolute atomic E-state index is 9.73. The van der Waals surface area contributed by atoms with Gasteiger partial charge in [-0.15, -0.1) is 0 Å². The third kappa shape index (κ3) is 4.37. The Morgan fingerprint density at radius 1 is 0.429 bits per heavy atom. The number of hydrogen-bond acceptors (Lipinski definition) is 3. The maximum Gasteiger partial charge on any atom is 0.143 e. The van der Waals surface area contributed by atoms with Gasteiger partial charge in [0, 0.05) is 38.4 Å². The van der Waals surface area contributed by atoms with Gasteiger partial charge in [-0.1, -0.05) is 133 Å². The smallest absolute Gasteiger partial charge is 0.143 e. The van der Waals surface area contributed by atoms with E-state index in [1.54, 1.807) is 11.0 Å². The lowest BCUT2D eigenvalue weighted by molar-refractivity contribution is 0.670. The molecule has 0 saturated heterocycles. The van der Waals surface area contributed by atoms with Crippen molar-refractivity contribution in [2.75, 3.05) is 4.90 Å². The van der Waals surface area contributed by atoms with Crippen LogP contribution >= 0.6 is 0 Å². The lowest BCUT2D eigenvalue weighted by atomic mass is 9.99. The van der Waals surface area contributed by atoms with E-state index in [0.29, 0.717) is 27.9 Å². The van der Waals surface area contributed by atoms with Gasteiger partial charge >= 0.3 is 0 Å². The Labute approximate surface area is 298 Å². The van der Waals surface area contributed by atoms with Crippen LogP contribution in [0.5, 0.6) is 0 Å². The molecule has 0 unspecified atom stereocenters. The van der Waals surface area contributed by atoms with Crippen LogP contribution in [0.15, 0.2) is 184 Å². The van der Waals surface area contributed by atoms with Crippen molar-refractivity contribution in [1.82, 2.24) is 0 Å². The quantitative estimate of drug-likeness (QED) is 0.188. The molecule has 3 heteroatoms. The summed E-state index contributed by atoms with van der Waals surface area (Å²) >= 11 is 0. The van der Waals surface area contributed by atoms with E-state index >= 15 is 0 Å². The standard InChI is InChI=1S/C46H29NO2/c1-2-12-30(13-3-1)34-15-6-8-20-40(34)47(41-21-11-23-43-44(41)39-29-26-31-14-4-5-16-35(31)46(39)49-43)33-27-24-32(25-28-33)36-18-10-19-38-37-17-7-9-22-42(37)48-45(36)38/h1-29H/i7D,9D,10D,17D,18D,19D,22D,24D,25D,27D,28D. The van der Waals surface area contributed by atoms with Gasteiger partial charge in [-0.25, -0.2) is 0 Å². The van der Waals surface area contributed by atoms with Gasteiger partial charge in [0.2, 0.25) is 0 Å². The first-order valence-electron chi connectivity index (χ1n) is 21.2. The number of benzene rings is 8. The normalized spacial score (nSPS) is 14.8. The highest BCUT2D eigenvalue weighted by Gasteiger charge is 2.23. The first-order valence-corrected chi connectivity index (χ1v) is 15.7. The molecule has 2 heterocycles. The summed E-state index contributed by atoms with van der Waals surface area (Å²) in [5.74, 6) is 0. The minimum absolute atomic E-state index is 0.116. The lowest BCUT2D eigenvalue weighted by Gasteiger charge is -2.28. The van der Waals surface area contributed by atoms with Crippen molar-refractivity contribution >= 4 is 71.7 Å². The van der Waals surface area contributed by atoms with E-state index in [-0.39, 0.29) is 38.8 Å². The summed E-state index contributed by atoms with van der Waals surface area (Å²) in [6, 6.07) is 28.2. The Hall–Kier alpha value is -6.58. The minimum Gasteiger partial charge on any atom is -0.455 e. The van der Waals surface area contributed by atoms with Crippen molar-refractivity contribution in [3.05, 3.63) is 176 Å². The van der Waals surface area contributed by atoms with Crippen molar-refractivity contribution in [3.8, 4) is 22.3 Å². The molecule has 0 atom stereocenters. The molecule has 2 aromatic heterocycles. The summed E-state index contributed by atoms with van der Waals surface area (Å²) in [7, 11) is 0. The van der Waals surface area contributed by atoms with E-state index in [2.05, 4.69) is 0 Å². The molecule has 0 fully saturated rings. The molecule has 10 aromatic rings. The number of hydrogen-bond donors (Lipinski definition) is 0. The molecule has 230 valence electrons. The van der Waals surface area contributed by atoms with Crippen molar-refractivity contribution in [3.63, 3.8) is 0 Å². The zero-order valence-electron chi connectivity index (χ0n) is 36.7. The summed E-state index contributed by atoms with van der Waals surface area (Å²) in [4.78, 5) is 1.70. The molecule has 8 aromatic carbocycles. The van der Waals surface area contributed by atoms with Gasteiger partial charge in [0.15, 0.2) is 0 Å². The Kier molecular flexibility index (Phi) is 4.19. The largest absolute Gasteiger partial charge is 0.455 e. The molecule has 0 spiro atoms. The van der Waals surface area contributed by atoms with Crippen LogP contribution in [0.1, 0.15) is 15.1 Å². The topological polar surface area (TPSA) is 29.5 Å². The van der Waals surface area contributed by atoms with Gasteiger partial charge in [-0.2, -0.15) is 0 Å². The number of nitrogens with zero attached hydrogens (tertiary/aromatic N) is 1. The highest BCUT2D eigenvalue weighted by Crippen LogP contribution is 2.47. The predicted octanol–water partition coefficient (Wildman–Crippen LogP) is 13.4. The number of anilines is 3. The third-order valence-electron chi connectivity index (χ3n) is 8.86. The fourth-order valence-corrected chi connectivity index (χ4v) is 6.67. The molecule has 0 aliphatic rings. The lowest BCUT2D eigenvalue weighted by Crippen LogP contribution is -2.11. The van der Waals surface area contributed by atoms with Crippen molar-refractivity contribution in [2.24, 2.45) is 0 Å². The van der Waals surface area contributed by atoms with Crippen LogP contribution in [0.25, 0.3) is 76.9 Å². The number of para-hydroxylation sites is 3.